The van der Waals surface area contributed by atoms with E-state index in [9.17, 15) is 27.6 Å². The first-order valence-corrected chi connectivity index (χ1v) is 9.93. The van der Waals surface area contributed by atoms with Crippen LogP contribution in [0.1, 0.15) is 37.6 Å². The summed E-state index contributed by atoms with van der Waals surface area (Å²) in [6.45, 7) is 4.88. The van der Waals surface area contributed by atoms with Gasteiger partial charge in [-0.2, -0.15) is 22.4 Å². The minimum absolute atomic E-state index is 0.0898. The van der Waals surface area contributed by atoms with Gasteiger partial charge in [0.05, 0.1) is 25.3 Å². The highest BCUT2D eigenvalue weighted by atomic mass is 19.4. The molecular formula is C21H28F3N2O6+. The first-order chi connectivity index (χ1) is 14.7. The molecule has 0 N–H and O–H groups in total. The van der Waals surface area contributed by atoms with E-state index >= 15 is 0 Å². The van der Waals surface area contributed by atoms with Crippen molar-refractivity contribution in [2.75, 3.05) is 34.0 Å². The van der Waals surface area contributed by atoms with Gasteiger partial charge in [-0.05, 0) is 45.0 Å². The van der Waals surface area contributed by atoms with Gasteiger partial charge >= 0.3 is 24.1 Å². The second kappa shape index (κ2) is 9.35. The molecule has 32 heavy (non-hydrogen) atoms. The predicted molar refractivity (Wildman–Crippen MR) is 107 cm³/mol. The van der Waals surface area contributed by atoms with Gasteiger partial charge in [0.15, 0.2) is 0 Å². The van der Waals surface area contributed by atoms with Gasteiger partial charge in [0.1, 0.15) is 17.9 Å². The lowest BCUT2D eigenvalue weighted by atomic mass is 10.2. The van der Waals surface area contributed by atoms with Crippen LogP contribution in [0.25, 0.3) is 0 Å². The van der Waals surface area contributed by atoms with E-state index in [1.54, 1.807) is 20.8 Å². The van der Waals surface area contributed by atoms with E-state index < -0.39 is 40.3 Å². The van der Waals surface area contributed by atoms with Crippen LogP contribution in [-0.2, 0) is 14.3 Å². The van der Waals surface area contributed by atoms with E-state index in [2.05, 4.69) is 4.74 Å². The van der Waals surface area contributed by atoms with Crippen molar-refractivity contribution in [2.24, 2.45) is 0 Å². The van der Waals surface area contributed by atoms with E-state index in [1.807, 2.05) is 0 Å². The molecule has 1 saturated heterocycles. The lowest BCUT2D eigenvalue weighted by Crippen LogP contribution is -2.57. The summed E-state index contributed by atoms with van der Waals surface area (Å²) in [5.41, 5.74) is -0.513. The quantitative estimate of drug-likeness (QED) is 0.494. The molecule has 8 nitrogen and oxygen atoms in total. The average molecular weight is 461 g/mol. The fourth-order valence-corrected chi connectivity index (χ4v) is 3.36. The zero-order valence-electron chi connectivity index (χ0n) is 18.7. The Balaban J connectivity index is 2.21. The van der Waals surface area contributed by atoms with Crippen molar-refractivity contribution < 1.29 is 46.2 Å². The predicted octanol–water partition coefficient (Wildman–Crippen LogP) is 3.35. The minimum Gasteiger partial charge on any atom is -0.465 e. The number of likely N-dealkylation sites (N-methyl/N-ethyl adjacent to an activating group) is 1. The Morgan fingerprint density at radius 1 is 1.12 bits per heavy atom. The number of benzene rings is 1. The summed E-state index contributed by atoms with van der Waals surface area (Å²) in [5, 5.41) is 0. The van der Waals surface area contributed by atoms with Crippen LogP contribution in [0.4, 0.5) is 18.0 Å². The van der Waals surface area contributed by atoms with Crippen LogP contribution in [0.2, 0.25) is 0 Å². The van der Waals surface area contributed by atoms with Gasteiger partial charge in [-0.25, -0.2) is 4.79 Å². The van der Waals surface area contributed by atoms with E-state index in [0.717, 1.165) is 7.05 Å². The van der Waals surface area contributed by atoms with E-state index in [0.29, 0.717) is 16.2 Å². The molecule has 1 aliphatic rings. The van der Waals surface area contributed by atoms with Crippen molar-refractivity contribution in [1.82, 2.24) is 4.90 Å². The van der Waals surface area contributed by atoms with Crippen LogP contribution < -0.4 is 4.74 Å². The van der Waals surface area contributed by atoms with E-state index in [1.165, 1.54) is 31.4 Å². The van der Waals surface area contributed by atoms with Gasteiger partial charge in [-0.1, -0.05) is 0 Å². The molecule has 178 valence electrons. The summed E-state index contributed by atoms with van der Waals surface area (Å²) in [5.74, 6) is -2.14. The normalized spacial score (nSPS) is 21.1. The van der Waals surface area contributed by atoms with Crippen LogP contribution in [0, 0.1) is 0 Å². The van der Waals surface area contributed by atoms with Gasteiger partial charge < -0.3 is 19.1 Å². The summed E-state index contributed by atoms with van der Waals surface area (Å²) in [6, 6.07) is 5.19. The van der Waals surface area contributed by atoms with Crippen molar-refractivity contribution in [3.05, 3.63) is 29.8 Å². The van der Waals surface area contributed by atoms with E-state index in [-0.39, 0.29) is 26.2 Å². The maximum atomic E-state index is 13.0. The molecule has 0 aromatic heterocycles. The van der Waals surface area contributed by atoms with Crippen molar-refractivity contribution in [3.8, 4) is 5.75 Å². The first kappa shape index (κ1) is 25.4. The average Bonchev–Trinajstić information content (AvgIpc) is 3.15. The van der Waals surface area contributed by atoms with Crippen LogP contribution in [0.5, 0.6) is 5.75 Å². The highest BCUT2D eigenvalue weighted by Crippen LogP contribution is 2.29. The minimum atomic E-state index is -5.00. The SMILES string of the molecule is COC(=O)c1ccc(OC[N+]2(C(=O)OC(C)(C)C)CCC(N(C)C(=O)C(F)(F)F)C2)cc1. The Hall–Kier alpha value is -2.82. The molecule has 0 aliphatic carbocycles. The maximum absolute atomic E-state index is 13.0. The molecule has 0 spiro atoms. The Morgan fingerprint density at radius 3 is 2.22 bits per heavy atom. The molecule has 2 rings (SSSR count). The molecule has 1 aromatic carbocycles. The fraction of sp³-hybridized carbons (Fsp3) is 0.571. The Morgan fingerprint density at radius 2 is 1.72 bits per heavy atom. The number of quaternary nitrogens is 1. The molecule has 2 atom stereocenters. The molecule has 1 heterocycles. The number of alkyl halides is 3. The number of amides is 2. The Labute approximate surface area is 184 Å². The highest BCUT2D eigenvalue weighted by Gasteiger charge is 2.52. The standard InChI is InChI=1S/C21H28F3N2O6/c1-20(2,3)32-19(29)26(11-10-15(12-26)25(4)18(28)21(22,23)24)13-31-16-8-6-14(7-9-16)17(27)30-5/h6-9,15H,10-13H2,1-5H3/q+1. The van der Waals surface area contributed by atoms with Gasteiger partial charge in [0.25, 0.3) is 0 Å². The third kappa shape index (κ3) is 6.12. The second-order valence-corrected chi connectivity index (χ2v) is 8.68. The Kier molecular flexibility index (Phi) is 7.44. The lowest BCUT2D eigenvalue weighted by Gasteiger charge is -2.33. The van der Waals surface area contributed by atoms with Crippen molar-refractivity contribution in [1.29, 1.82) is 0 Å². The van der Waals surface area contributed by atoms with Crippen molar-refractivity contribution in [2.45, 2.75) is 45.0 Å². The summed E-state index contributed by atoms with van der Waals surface area (Å²) in [6.07, 6.45) is -5.49. The zero-order valence-corrected chi connectivity index (χ0v) is 18.7. The van der Waals surface area contributed by atoms with Gasteiger partial charge in [0, 0.05) is 13.5 Å². The number of ether oxygens (including phenoxy) is 3. The third-order valence-electron chi connectivity index (χ3n) is 5.10. The first-order valence-electron chi connectivity index (χ1n) is 9.93. The van der Waals surface area contributed by atoms with Crippen LogP contribution in [-0.4, -0.2) is 79.1 Å². The molecule has 1 aromatic rings. The molecular weight excluding hydrogens is 433 g/mol. The molecule has 11 heteroatoms. The molecule has 1 fully saturated rings. The fourth-order valence-electron chi connectivity index (χ4n) is 3.36. The van der Waals surface area contributed by atoms with Crippen LogP contribution >= 0.6 is 0 Å². The van der Waals surface area contributed by atoms with E-state index in [4.69, 9.17) is 9.47 Å². The third-order valence-corrected chi connectivity index (χ3v) is 5.10. The number of hydrogen-bond acceptors (Lipinski definition) is 6. The maximum Gasteiger partial charge on any atom is 0.519 e. The largest absolute Gasteiger partial charge is 0.519 e. The van der Waals surface area contributed by atoms with Crippen molar-refractivity contribution in [3.63, 3.8) is 0 Å². The molecule has 0 bridgehead atoms. The number of carbonyl (C=O) groups is 3. The van der Waals surface area contributed by atoms with Gasteiger partial charge in [-0.15, -0.1) is 0 Å². The zero-order chi connectivity index (χ0) is 24.3. The van der Waals surface area contributed by atoms with Gasteiger partial charge in [-0.3, -0.25) is 4.79 Å². The second-order valence-electron chi connectivity index (χ2n) is 8.68. The monoisotopic (exact) mass is 461 g/mol. The van der Waals surface area contributed by atoms with Crippen LogP contribution in [0.3, 0.4) is 0 Å². The Bertz CT molecular complexity index is 851. The smallest absolute Gasteiger partial charge is 0.465 e. The molecule has 0 radical (unpaired) electrons. The lowest BCUT2D eigenvalue weighted by molar-refractivity contribution is -0.863. The number of esters is 1. The summed E-state index contributed by atoms with van der Waals surface area (Å²) in [4.78, 5) is 36.8. The summed E-state index contributed by atoms with van der Waals surface area (Å²) < 4.78 is 54.1. The summed E-state index contributed by atoms with van der Waals surface area (Å²) in [7, 11) is 2.33. The molecule has 2 unspecified atom stereocenters. The number of rotatable bonds is 5. The molecule has 1 aliphatic heterocycles. The van der Waals surface area contributed by atoms with Crippen LogP contribution in [0.15, 0.2) is 24.3 Å². The van der Waals surface area contributed by atoms with Gasteiger partial charge in [0.2, 0.25) is 6.73 Å². The number of hydrogen-bond donors (Lipinski definition) is 0. The number of methoxy groups -OCH3 is 1. The topological polar surface area (TPSA) is 82.1 Å². The number of likely N-dealkylation sites (tertiary alicyclic amines) is 1. The van der Waals surface area contributed by atoms with Crippen molar-refractivity contribution >= 4 is 18.0 Å². The molecule has 0 saturated carbocycles. The highest BCUT2D eigenvalue weighted by molar-refractivity contribution is 5.89. The number of carbonyl (C=O) groups excluding carboxylic acids is 3. The number of nitrogens with zero attached hydrogens (tertiary/aromatic N) is 2. The number of halogens is 3. The summed E-state index contributed by atoms with van der Waals surface area (Å²) >= 11 is 0. The molecule has 2 amide bonds.